The molecule has 2 nitrogen and oxygen atoms in total. The Labute approximate surface area is 126 Å². The summed E-state index contributed by atoms with van der Waals surface area (Å²) in [6.45, 7) is 1.16. The van der Waals surface area contributed by atoms with E-state index in [0.29, 0.717) is 18.8 Å². The minimum absolute atomic E-state index is 0.260. The molecule has 1 aliphatic rings. The summed E-state index contributed by atoms with van der Waals surface area (Å²) in [5.74, 6) is 0. The van der Waals surface area contributed by atoms with Crippen molar-refractivity contribution in [1.29, 1.82) is 0 Å². The molecule has 0 unspecified atom stereocenters. The van der Waals surface area contributed by atoms with Crippen LogP contribution in [0.4, 0.5) is 13.2 Å². The zero-order valence-corrected chi connectivity index (χ0v) is 11.9. The Hall–Kier alpha value is -2.01. The molecule has 0 aromatic heterocycles. The number of fused-ring (bicyclic) bond motifs is 1. The Balaban J connectivity index is 2.07. The van der Waals surface area contributed by atoms with E-state index in [9.17, 15) is 13.2 Å². The van der Waals surface area contributed by atoms with Gasteiger partial charge in [-0.25, -0.2) is 0 Å². The van der Waals surface area contributed by atoms with E-state index in [4.69, 9.17) is 4.74 Å². The molecule has 0 bridgehead atoms. The fraction of sp³-hybridized carbons (Fsp3) is 0.294. The molecule has 0 radical (unpaired) electrons. The van der Waals surface area contributed by atoms with Crippen LogP contribution in [0.5, 0.6) is 0 Å². The van der Waals surface area contributed by atoms with Crippen LogP contribution in [-0.2, 0) is 4.74 Å². The fourth-order valence-corrected chi connectivity index (χ4v) is 2.68. The zero-order valence-electron chi connectivity index (χ0n) is 11.9. The molecule has 1 aliphatic heterocycles. The first-order valence-electron chi connectivity index (χ1n) is 7.15. The van der Waals surface area contributed by atoms with Crippen molar-refractivity contribution in [3.05, 3.63) is 53.7 Å². The van der Waals surface area contributed by atoms with Crippen LogP contribution < -0.4 is 0 Å². The molecule has 1 heterocycles. The lowest BCUT2D eigenvalue weighted by Crippen LogP contribution is -2.40. The summed E-state index contributed by atoms with van der Waals surface area (Å²) in [5, 5.41) is 1.75. The Morgan fingerprint density at radius 1 is 1.00 bits per heavy atom. The second kappa shape index (κ2) is 6.01. The Kier molecular flexibility index (Phi) is 4.07. The topological polar surface area (TPSA) is 12.5 Å². The van der Waals surface area contributed by atoms with E-state index in [1.54, 1.807) is 12.1 Å². The minimum Gasteiger partial charge on any atom is -0.378 e. The number of alkyl halides is 3. The zero-order chi connectivity index (χ0) is 15.6. The normalized spacial score (nSPS) is 17.0. The van der Waals surface area contributed by atoms with E-state index in [1.165, 1.54) is 11.0 Å². The average Bonchev–Trinajstić information content (AvgIpc) is 2.52. The Bertz CT molecular complexity index is 682. The maximum atomic E-state index is 13.4. The summed E-state index contributed by atoms with van der Waals surface area (Å²) in [5.41, 5.74) is -0.0240. The first-order valence-corrected chi connectivity index (χ1v) is 7.15. The molecule has 2 aromatic rings. The van der Waals surface area contributed by atoms with E-state index in [1.807, 2.05) is 30.3 Å². The number of morpholine rings is 1. The van der Waals surface area contributed by atoms with Crippen LogP contribution in [0.3, 0.4) is 0 Å². The molecule has 0 amide bonds. The minimum atomic E-state index is -4.38. The second-order valence-corrected chi connectivity index (χ2v) is 5.20. The summed E-state index contributed by atoms with van der Waals surface area (Å²) >= 11 is 0. The molecule has 116 valence electrons. The van der Waals surface area contributed by atoms with Gasteiger partial charge < -0.3 is 9.64 Å². The molecule has 5 heteroatoms. The molecule has 0 spiro atoms. The van der Waals surface area contributed by atoms with Gasteiger partial charge in [0.25, 0.3) is 0 Å². The summed E-state index contributed by atoms with van der Waals surface area (Å²) in [4.78, 5) is 1.35. The van der Waals surface area contributed by atoms with Crippen LogP contribution in [0.1, 0.15) is 5.56 Å². The van der Waals surface area contributed by atoms with Crippen molar-refractivity contribution in [2.75, 3.05) is 26.3 Å². The Morgan fingerprint density at radius 3 is 2.41 bits per heavy atom. The number of benzene rings is 2. The Morgan fingerprint density at radius 2 is 1.68 bits per heavy atom. The number of halogens is 3. The highest BCUT2D eigenvalue weighted by molar-refractivity contribution is 5.90. The summed E-state index contributed by atoms with van der Waals surface area (Å²) in [7, 11) is 0. The van der Waals surface area contributed by atoms with Crippen molar-refractivity contribution < 1.29 is 17.9 Å². The lowest BCUT2D eigenvalue weighted by Gasteiger charge is -2.32. The van der Waals surface area contributed by atoms with Crippen LogP contribution in [0.2, 0.25) is 0 Å². The van der Waals surface area contributed by atoms with Crippen LogP contribution in [-0.4, -0.2) is 37.4 Å². The van der Waals surface area contributed by atoms with E-state index in [2.05, 4.69) is 0 Å². The van der Waals surface area contributed by atoms with Gasteiger partial charge in [-0.15, -0.1) is 0 Å². The van der Waals surface area contributed by atoms with Gasteiger partial charge in [0.2, 0.25) is 0 Å². The van der Waals surface area contributed by atoms with Gasteiger partial charge in [-0.1, -0.05) is 42.5 Å². The number of rotatable bonds is 2. The highest BCUT2D eigenvalue weighted by atomic mass is 19.4. The molecule has 0 N–H and O–H groups in total. The van der Waals surface area contributed by atoms with Crippen molar-refractivity contribution in [3.8, 4) is 0 Å². The number of ether oxygens (including phenoxy) is 1. The van der Waals surface area contributed by atoms with Crippen molar-refractivity contribution in [2.24, 2.45) is 0 Å². The third-order valence-corrected chi connectivity index (χ3v) is 3.76. The van der Waals surface area contributed by atoms with Gasteiger partial charge in [-0.2, -0.15) is 13.2 Å². The largest absolute Gasteiger partial charge is 0.431 e. The predicted molar refractivity (Wildman–Crippen MR) is 80.4 cm³/mol. The van der Waals surface area contributed by atoms with Gasteiger partial charge in [0.05, 0.1) is 13.2 Å². The number of hydrogen-bond acceptors (Lipinski definition) is 2. The molecule has 0 atom stereocenters. The van der Waals surface area contributed by atoms with Crippen LogP contribution in [0.25, 0.3) is 16.8 Å². The van der Waals surface area contributed by atoms with Crippen LogP contribution in [0, 0.1) is 0 Å². The van der Waals surface area contributed by atoms with Crippen LogP contribution in [0.15, 0.2) is 48.2 Å². The number of hydrogen-bond donors (Lipinski definition) is 0. The third-order valence-electron chi connectivity index (χ3n) is 3.76. The molecular formula is C17H16F3NO. The molecule has 0 saturated carbocycles. The van der Waals surface area contributed by atoms with Gasteiger partial charge in [0.1, 0.15) is 5.70 Å². The summed E-state index contributed by atoms with van der Waals surface area (Å²) in [6, 6.07) is 12.8. The standard InChI is InChI=1S/C17H16F3NO/c18-17(19,20)16(21-8-10-22-11-9-21)12-14-6-3-5-13-4-1-2-7-15(13)14/h1-7,12H,8-11H2/b16-12+. The molecule has 1 fully saturated rings. The van der Waals surface area contributed by atoms with Crippen LogP contribution >= 0.6 is 0 Å². The lowest BCUT2D eigenvalue weighted by molar-refractivity contribution is -0.116. The first-order chi connectivity index (χ1) is 10.6. The second-order valence-electron chi connectivity index (χ2n) is 5.20. The quantitative estimate of drug-likeness (QED) is 0.829. The van der Waals surface area contributed by atoms with Gasteiger partial charge in [-0.05, 0) is 22.4 Å². The van der Waals surface area contributed by atoms with E-state index in [-0.39, 0.29) is 13.1 Å². The van der Waals surface area contributed by atoms with Crippen molar-refractivity contribution in [2.45, 2.75) is 6.18 Å². The molecule has 3 rings (SSSR count). The highest BCUT2D eigenvalue weighted by Gasteiger charge is 2.38. The van der Waals surface area contributed by atoms with Gasteiger partial charge in [0.15, 0.2) is 0 Å². The summed E-state index contributed by atoms with van der Waals surface area (Å²) in [6.07, 6.45) is -3.14. The smallest absolute Gasteiger partial charge is 0.378 e. The average molecular weight is 307 g/mol. The van der Waals surface area contributed by atoms with E-state index < -0.39 is 11.9 Å². The van der Waals surface area contributed by atoms with Gasteiger partial charge >= 0.3 is 6.18 Å². The molecule has 22 heavy (non-hydrogen) atoms. The van der Waals surface area contributed by atoms with E-state index in [0.717, 1.165) is 10.8 Å². The highest BCUT2D eigenvalue weighted by Crippen LogP contribution is 2.32. The lowest BCUT2D eigenvalue weighted by atomic mass is 10.0. The number of allylic oxidation sites excluding steroid dienone is 1. The molecule has 2 aromatic carbocycles. The third kappa shape index (κ3) is 3.09. The molecule has 0 aliphatic carbocycles. The first kappa shape index (κ1) is 14.9. The maximum absolute atomic E-state index is 13.4. The molecular weight excluding hydrogens is 291 g/mol. The van der Waals surface area contributed by atoms with Gasteiger partial charge in [0, 0.05) is 13.1 Å². The monoisotopic (exact) mass is 307 g/mol. The SMILES string of the molecule is FC(F)(F)/C(=C\c1cccc2ccccc12)N1CCOCC1. The van der Waals surface area contributed by atoms with Crippen molar-refractivity contribution in [1.82, 2.24) is 4.90 Å². The summed E-state index contributed by atoms with van der Waals surface area (Å²) < 4.78 is 45.5. The number of nitrogens with zero attached hydrogens (tertiary/aromatic N) is 1. The maximum Gasteiger partial charge on any atom is 0.431 e. The molecule has 1 saturated heterocycles. The predicted octanol–water partition coefficient (Wildman–Crippen LogP) is 4.08. The fourth-order valence-electron chi connectivity index (χ4n) is 2.68. The van der Waals surface area contributed by atoms with Gasteiger partial charge in [-0.3, -0.25) is 0 Å². The van der Waals surface area contributed by atoms with Crippen molar-refractivity contribution >= 4 is 16.8 Å². The van der Waals surface area contributed by atoms with Crippen molar-refractivity contribution in [3.63, 3.8) is 0 Å². The van der Waals surface area contributed by atoms with E-state index >= 15 is 0 Å².